The number of hydrogen-bond donors (Lipinski definition) is 1. The van der Waals surface area contributed by atoms with E-state index in [2.05, 4.69) is 49.6 Å². The third-order valence-corrected chi connectivity index (χ3v) is 5.49. The lowest BCUT2D eigenvalue weighted by Crippen LogP contribution is -2.37. The van der Waals surface area contributed by atoms with Gasteiger partial charge in [-0.3, -0.25) is 4.90 Å². The summed E-state index contributed by atoms with van der Waals surface area (Å²) in [4.78, 5) is 4.62. The number of aliphatic hydroxyl groups excluding tert-OH is 1. The summed E-state index contributed by atoms with van der Waals surface area (Å²) in [5.41, 5.74) is 1.49. The quantitative estimate of drug-likeness (QED) is 0.729. The van der Waals surface area contributed by atoms with Gasteiger partial charge in [-0.15, -0.1) is 0 Å². The summed E-state index contributed by atoms with van der Waals surface area (Å²) in [7, 11) is 3.66. The second-order valence-corrected chi connectivity index (χ2v) is 8.32. The van der Waals surface area contributed by atoms with E-state index in [4.69, 9.17) is 9.47 Å². The van der Waals surface area contributed by atoms with Crippen LogP contribution in [0.25, 0.3) is 0 Å². The average Bonchev–Trinajstić information content (AvgIpc) is 2.91. The molecule has 1 aliphatic heterocycles. The number of methoxy groups -OCH3 is 1. The fraction of sp³-hybridized carbons (Fsp3) is 0.714. The van der Waals surface area contributed by atoms with E-state index in [1.807, 2.05) is 13.1 Å². The van der Waals surface area contributed by atoms with Crippen LogP contribution in [0.5, 0.6) is 11.5 Å². The second kappa shape index (κ2) is 9.07. The van der Waals surface area contributed by atoms with E-state index < -0.39 is 6.10 Å². The van der Waals surface area contributed by atoms with Gasteiger partial charge >= 0.3 is 0 Å². The van der Waals surface area contributed by atoms with Crippen molar-refractivity contribution in [3.8, 4) is 11.5 Å². The van der Waals surface area contributed by atoms with Crippen LogP contribution < -0.4 is 9.47 Å². The lowest BCUT2D eigenvalue weighted by atomic mass is 10.0. The molecule has 0 bridgehead atoms. The van der Waals surface area contributed by atoms with Gasteiger partial charge in [0.05, 0.1) is 7.11 Å². The highest BCUT2D eigenvalue weighted by Gasteiger charge is 2.31. The molecule has 5 heteroatoms. The van der Waals surface area contributed by atoms with Gasteiger partial charge in [0.15, 0.2) is 11.5 Å². The lowest BCUT2D eigenvalue weighted by Gasteiger charge is -2.31. The van der Waals surface area contributed by atoms with Crippen molar-refractivity contribution in [2.75, 3.05) is 33.9 Å². The topological polar surface area (TPSA) is 45.2 Å². The van der Waals surface area contributed by atoms with Crippen molar-refractivity contribution in [1.82, 2.24) is 9.80 Å². The van der Waals surface area contributed by atoms with E-state index in [0.717, 1.165) is 18.8 Å². The Labute approximate surface area is 158 Å². The SMILES string of the molecule is COc1cc(CN2CCCC2(C)C)ccc1OC[C@H](O)CN(C)C(C)C. The molecule has 1 heterocycles. The maximum Gasteiger partial charge on any atom is 0.161 e. The number of hydrogen-bond acceptors (Lipinski definition) is 5. The molecule has 5 nitrogen and oxygen atoms in total. The van der Waals surface area contributed by atoms with E-state index in [9.17, 15) is 5.11 Å². The molecule has 0 spiro atoms. The van der Waals surface area contributed by atoms with Crippen LogP contribution in [0.1, 0.15) is 46.1 Å². The van der Waals surface area contributed by atoms with Gasteiger partial charge in [0, 0.05) is 24.7 Å². The van der Waals surface area contributed by atoms with Crippen molar-refractivity contribution in [3.05, 3.63) is 23.8 Å². The highest BCUT2D eigenvalue weighted by molar-refractivity contribution is 5.43. The van der Waals surface area contributed by atoms with Gasteiger partial charge in [-0.25, -0.2) is 0 Å². The molecule has 1 fully saturated rings. The van der Waals surface area contributed by atoms with Gasteiger partial charge in [0.2, 0.25) is 0 Å². The first-order chi connectivity index (χ1) is 12.2. The van der Waals surface area contributed by atoms with Crippen LogP contribution in [0.2, 0.25) is 0 Å². The molecular formula is C21H36N2O3. The largest absolute Gasteiger partial charge is 0.493 e. The molecule has 2 rings (SSSR count). The molecule has 1 saturated heterocycles. The Morgan fingerprint density at radius 1 is 1.27 bits per heavy atom. The Morgan fingerprint density at radius 3 is 2.58 bits per heavy atom. The predicted octanol–water partition coefficient (Wildman–Crippen LogP) is 3.15. The molecule has 0 radical (unpaired) electrons. The number of aliphatic hydroxyl groups is 1. The van der Waals surface area contributed by atoms with Crippen molar-refractivity contribution < 1.29 is 14.6 Å². The van der Waals surface area contributed by atoms with E-state index in [0.29, 0.717) is 18.3 Å². The number of rotatable bonds is 9. The third kappa shape index (κ3) is 5.60. The molecule has 0 aliphatic carbocycles. The first-order valence-electron chi connectivity index (χ1n) is 9.66. The Balaban J connectivity index is 1.95. The van der Waals surface area contributed by atoms with Crippen LogP contribution in [0.4, 0.5) is 0 Å². The van der Waals surface area contributed by atoms with Gasteiger partial charge in [-0.2, -0.15) is 0 Å². The summed E-state index contributed by atoms with van der Waals surface area (Å²) >= 11 is 0. The molecule has 0 saturated carbocycles. The van der Waals surface area contributed by atoms with E-state index in [1.165, 1.54) is 18.4 Å². The molecule has 1 N–H and O–H groups in total. The summed E-state index contributed by atoms with van der Waals surface area (Å²) in [6, 6.07) is 6.50. The standard InChI is InChI=1S/C21H36N2O3/c1-16(2)22(5)14-18(24)15-26-19-9-8-17(12-20(19)25-6)13-23-11-7-10-21(23,3)4/h8-9,12,16,18,24H,7,10-11,13-15H2,1-6H3/t18-/m1/s1. The number of nitrogens with zero attached hydrogens (tertiary/aromatic N) is 2. The third-order valence-electron chi connectivity index (χ3n) is 5.49. The van der Waals surface area contributed by atoms with Crippen LogP contribution in [-0.4, -0.2) is 66.4 Å². The van der Waals surface area contributed by atoms with E-state index in [1.54, 1.807) is 7.11 Å². The lowest BCUT2D eigenvalue weighted by molar-refractivity contribution is 0.0668. The molecule has 26 heavy (non-hydrogen) atoms. The van der Waals surface area contributed by atoms with Crippen molar-refractivity contribution in [3.63, 3.8) is 0 Å². The monoisotopic (exact) mass is 364 g/mol. The Hall–Kier alpha value is -1.30. The van der Waals surface area contributed by atoms with Crippen LogP contribution in [-0.2, 0) is 6.54 Å². The molecule has 1 atom stereocenters. The Kier molecular flexibility index (Phi) is 7.33. The minimum atomic E-state index is -0.530. The molecule has 148 valence electrons. The van der Waals surface area contributed by atoms with E-state index >= 15 is 0 Å². The first-order valence-corrected chi connectivity index (χ1v) is 9.66. The zero-order chi connectivity index (χ0) is 19.3. The normalized spacial score (nSPS) is 18.5. The maximum atomic E-state index is 10.2. The maximum absolute atomic E-state index is 10.2. The van der Waals surface area contributed by atoms with Gasteiger partial charge in [-0.1, -0.05) is 6.07 Å². The molecule has 0 aromatic heterocycles. The summed E-state index contributed by atoms with van der Waals surface area (Å²) in [6.07, 6.45) is 1.97. The van der Waals surface area contributed by atoms with Crippen LogP contribution in [0.3, 0.4) is 0 Å². The fourth-order valence-electron chi connectivity index (χ4n) is 3.39. The van der Waals surface area contributed by atoms with Gasteiger partial charge < -0.3 is 19.5 Å². The molecule has 1 aromatic carbocycles. The summed E-state index contributed by atoms with van der Waals surface area (Å²) in [5.74, 6) is 1.41. The zero-order valence-electron chi connectivity index (χ0n) is 17.3. The highest BCUT2D eigenvalue weighted by Crippen LogP contribution is 2.33. The zero-order valence-corrected chi connectivity index (χ0v) is 17.3. The minimum Gasteiger partial charge on any atom is -0.493 e. The van der Waals surface area contributed by atoms with Gasteiger partial charge in [0.1, 0.15) is 12.7 Å². The molecule has 0 unspecified atom stereocenters. The molecule has 1 aromatic rings. The fourth-order valence-corrected chi connectivity index (χ4v) is 3.39. The van der Waals surface area contributed by atoms with Gasteiger partial charge in [0.25, 0.3) is 0 Å². The van der Waals surface area contributed by atoms with Crippen LogP contribution in [0, 0.1) is 0 Å². The predicted molar refractivity (Wildman–Crippen MR) is 106 cm³/mol. The Morgan fingerprint density at radius 2 is 2.00 bits per heavy atom. The van der Waals surface area contributed by atoms with Crippen molar-refractivity contribution in [1.29, 1.82) is 0 Å². The van der Waals surface area contributed by atoms with Crippen LogP contribution >= 0.6 is 0 Å². The number of likely N-dealkylation sites (N-methyl/N-ethyl adjacent to an activating group) is 1. The summed E-state index contributed by atoms with van der Waals surface area (Å²) in [5, 5.41) is 10.2. The highest BCUT2D eigenvalue weighted by atomic mass is 16.5. The molecule has 1 aliphatic rings. The van der Waals surface area contributed by atoms with Crippen molar-refractivity contribution >= 4 is 0 Å². The van der Waals surface area contributed by atoms with E-state index in [-0.39, 0.29) is 12.1 Å². The average molecular weight is 365 g/mol. The number of likely N-dealkylation sites (tertiary alicyclic amines) is 1. The van der Waals surface area contributed by atoms with Crippen molar-refractivity contribution in [2.45, 2.75) is 64.8 Å². The van der Waals surface area contributed by atoms with Crippen molar-refractivity contribution in [2.24, 2.45) is 0 Å². The smallest absolute Gasteiger partial charge is 0.161 e. The summed E-state index contributed by atoms with van der Waals surface area (Å²) < 4.78 is 11.3. The molecule has 0 amide bonds. The second-order valence-electron chi connectivity index (χ2n) is 8.32. The Bertz CT molecular complexity index is 574. The number of benzene rings is 1. The minimum absolute atomic E-state index is 0.256. The van der Waals surface area contributed by atoms with Gasteiger partial charge in [-0.05, 0) is 71.8 Å². The first kappa shape index (κ1) is 21.0. The summed E-state index contributed by atoms with van der Waals surface area (Å²) in [6.45, 7) is 11.7. The number of ether oxygens (including phenoxy) is 2. The van der Waals surface area contributed by atoms with Crippen LogP contribution in [0.15, 0.2) is 18.2 Å². The molecular weight excluding hydrogens is 328 g/mol.